The molecule has 0 fully saturated rings. The molecule has 0 aliphatic rings. The predicted molar refractivity (Wildman–Crippen MR) is 91.4 cm³/mol. The zero-order valence-corrected chi connectivity index (χ0v) is 14.0. The van der Waals surface area contributed by atoms with Crippen LogP contribution in [-0.2, 0) is 4.74 Å². The Kier molecular flexibility index (Phi) is 5.51. The normalized spacial score (nSPS) is 10.3. The van der Waals surface area contributed by atoms with Crippen LogP contribution >= 0.6 is 0 Å². The lowest BCUT2D eigenvalue weighted by Gasteiger charge is -2.20. The summed E-state index contributed by atoms with van der Waals surface area (Å²) in [6, 6.07) is 9.00. The molecule has 2 aromatic rings. The SMILES string of the molecule is CCN(CC)c1cc(Nc2ccc(C(=O)OC)cc2)nc(C)n1. The molecule has 0 amide bonds. The number of aromatic nitrogens is 2. The minimum atomic E-state index is -0.349. The van der Waals surface area contributed by atoms with Gasteiger partial charge >= 0.3 is 5.97 Å². The first-order chi connectivity index (χ1) is 11.1. The summed E-state index contributed by atoms with van der Waals surface area (Å²) >= 11 is 0. The van der Waals surface area contributed by atoms with E-state index >= 15 is 0 Å². The van der Waals surface area contributed by atoms with Crippen molar-refractivity contribution in [2.24, 2.45) is 0 Å². The average molecular weight is 314 g/mol. The number of hydrogen-bond acceptors (Lipinski definition) is 6. The van der Waals surface area contributed by atoms with Crippen molar-refractivity contribution in [2.75, 3.05) is 30.4 Å². The molecule has 6 nitrogen and oxygen atoms in total. The van der Waals surface area contributed by atoms with Crippen molar-refractivity contribution in [3.05, 3.63) is 41.7 Å². The Labute approximate surface area is 136 Å². The van der Waals surface area contributed by atoms with E-state index in [0.29, 0.717) is 11.4 Å². The highest BCUT2D eigenvalue weighted by Gasteiger charge is 2.08. The largest absolute Gasteiger partial charge is 0.465 e. The first kappa shape index (κ1) is 16.7. The second-order valence-corrected chi connectivity index (χ2v) is 5.02. The summed E-state index contributed by atoms with van der Waals surface area (Å²) in [4.78, 5) is 22.5. The van der Waals surface area contributed by atoms with Crippen LogP contribution in [0.1, 0.15) is 30.0 Å². The monoisotopic (exact) mass is 314 g/mol. The minimum absolute atomic E-state index is 0.349. The number of ether oxygens (including phenoxy) is 1. The van der Waals surface area contributed by atoms with E-state index < -0.39 is 0 Å². The highest BCUT2D eigenvalue weighted by Crippen LogP contribution is 2.20. The van der Waals surface area contributed by atoms with E-state index in [1.165, 1.54) is 7.11 Å². The van der Waals surface area contributed by atoms with Crippen LogP contribution in [0.3, 0.4) is 0 Å². The van der Waals surface area contributed by atoms with Crippen molar-refractivity contribution < 1.29 is 9.53 Å². The lowest BCUT2D eigenvalue weighted by atomic mass is 10.2. The van der Waals surface area contributed by atoms with Crippen molar-refractivity contribution >= 4 is 23.3 Å². The standard InChI is InChI=1S/C17H22N4O2/c1-5-21(6-2)16-11-15(18-12(3)19-16)20-14-9-7-13(8-10-14)17(22)23-4/h7-11H,5-6H2,1-4H3,(H,18,19,20). The van der Waals surface area contributed by atoms with Crippen molar-refractivity contribution in [1.82, 2.24) is 9.97 Å². The second-order valence-electron chi connectivity index (χ2n) is 5.02. The number of esters is 1. The predicted octanol–water partition coefficient (Wildman–Crippen LogP) is 3.16. The molecule has 0 bridgehead atoms. The Bertz CT molecular complexity index is 667. The fraction of sp³-hybridized carbons (Fsp3) is 0.353. The van der Waals surface area contributed by atoms with E-state index in [-0.39, 0.29) is 5.97 Å². The summed E-state index contributed by atoms with van der Waals surface area (Å²) in [5.74, 6) is 1.99. The molecular weight excluding hydrogens is 292 g/mol. The third kappa shape index (κ3) is 4.18. The van der Waals surface area contributed by atoms with Crippen LogP contribution in [0.2, 0.25) is 0 Å². The van der Waals surface area contributed by atoms with E-state index in [1.807, 2.05) is 25.1 Å². The number of benzene rings is 1. The highest BCUT2D eigenvalue weighted by atomic mass is 16.5. The lowest BCUT2D eigenvalue weighted by Crippen LogP contribution is -2.23. The van der Waals surface area contributed by atoms with Crippen molar-refractivity contribution in [2.45, 2.75) is 20.8 Å². The van der Waals surface area contributed by atoms with E-state index in [4.69, 9.17) is 4.74 Å². The van der Waals surface area contributed by atoms with E-state index in [0.717, 1.165) is 30.4 Å². The molecular formula is C17H22N4O2. The Morgan fingerprint density at radius 3 is 2.39 bits per heavy atom. The molecule has 2 rings (SSSR count). The van der Waals surface area contributed by atoms with Gasteiger partial charge in [-0.05, 0) is 45.0 Å². The molecule has 0 radical (unpaired) electrons. The summed E-state index contributed by atoms with van der Waals surface area (Å²) in [5, 5.41) is 3.24. The van der Waals surface area contributed by atoms with Gasteiger partial charge in [0.15, 0.2) is 0 Å². The molecule has 0 aliphatic carbocycles. The van der Waals surface area contributed by atoms with Crippen molar-refractivity contribution in [3.63, 3.8) is 0 Å². The molecule has 0 aliphatic heterocycles. The molecule has 6 heteroatoms. The topological polar surface area (TPSA) is 67.4 Å². The smallest absolute Gasteiger partial charge is 0.337 e. The first-order valence-electron chi connectivity index (χ1n) is 7.63. The van der Waals surface area contributed by atoms with Crippen LogP contribution in [0, 0.1) is 6.92 Å². The Balaban J connectivity index is 2.21. The number of aryl methyl sites for hydroxylation is 1. The summed E-state index contributed by atoms with van der Waals surface area (Å²) in [7, 11) is 1.37. The molecule has 0 unspecified atom stereocenters. The van der Waals surface area contributed by atoms with E-state index in [9.17, 15) is 4.79 Å². The van der Waals surface area contributed by atoms with Crippen LogP contribution in [0.15, 0.2) is 30.3 Å². The maximum atomic E-state index is 11.4. The van der Waals surface area contributed by atoms with Crippen molar-refractivity contribution in [3.8, 4) is 0 Å². The minimum Gasteiger partial charge on any atom is -0.465 e. The number of methoxy groups -OCH3 is 1. The molecule has 0 saturated heterocycles. The quantitative estimate of drug-likeness (QED) is 0.826. The molecule has 1 aromatic heterocycles. The summed E-state index contributed by atoms with van der Waals surface area (Å²) in [6.45, 7) is 7.85. The third-order valence-electron chi connectivity index (χ3n) is 3.49. The zero-order chi connectivity index (χ0) is 16.8. The summed E-state index contributed by atoms with van der Waals surface area (Å²) in [5.41, 5.74) is 1.36. The van der Waals surface area contributed by atoms with Crippen LogP contribution in [0.25, 0.3) is 0 Å². The van der Waals surface area contributed by atoms with Gasteiger partial charge in [-0.25, -0.2) is 14.8 Å². The van der Waals surface area contributed by atoms with E-state index in [2.05, 4.69) is 34.0 Å². The molecule has 0 saturated carbocycles. The van der Waals surface area contributed by atoms with Gasteiger partial charge in [0.25, 0.3) is 0 Å². The number of nitrogens with zero attached hydrogens (tertiary/aromatic N) is 3. The van der Waals surface area contributed by atoms with Gasteiger partial charge in [-0.1, -0.05) is 0 Å². The number of rotatable bonds is 6. The van der Waals surface area contributed by atoms with Gasteiger partial charge in [-0.3, -0.25) is 0 Å². The van der Waals surface area contributed by atoms with Crippen LogP contribution in [0.4, 0.5) is 17.3 Å². The highest BCUT2D eigenvalue weighted by molar-refractivity contribution is 5.89. The van der Waals surface area contributed by atoms with Crippen molar-refractivity contribution in [1.29, 1.82) is 0 Å². The fourth-order valence-corrected chi connectivity index (χ4v) is 2.28. The number of anilines is 3. The number of carbonyl (C=O) groups is 1. The Morgan fingerprint density at radius 2 is 1.83 bits per heavy atom. The van der Waals surface area contributed by atoms with Gasteiger partial charge in [0.2, 0.25) is 0 Å². The van der Waals surface area contributed by atoms with Gasteiger partial charge < -0.3 is 15.0 Å². The average Bonchev–Trinajstić information content (AvgIpc) is 2.55. The maximum absolute atomic E-state index is 11.4. The van der Waals surface area contributed by atoms with E-state index in [1.54, 1.807) is 12.1 Å². The first-order valence-corrected chi connectivity index (χ1v) is 7.63. The van der Waals surface area contributed by atoms with Gasteiger partial charge in [0.05, 0.1) is 12.7 Å². The van der Waals surface area contributed by atoms with Gasteiger partial charge in [-0.15, -0.1) is 0 Å². The Hall–Kier alpha value is -2.63. The third-order valence-corrected chi connectivity index (χ3v) is 3.49. The van der Waals surface area contributed by atoms with Gasteiger partial charge in [0, 0.05) is 24.8 Å². The summed E-state index contributed by atoms with van der Waals surface area (Å²) in [6.07, 6.45) is 0. The molecule has 0 atom stereocenters. The Morgan fingerprint density at radius 1 is 1.17 bits per heavy atom. The zero-order valence-electron chi connectivity index (χ0n) is 14.0. The molecule has 0 spiro atoms. The second kappa shape index (κ2) is 7.58. The maximum Gasteiger partial charge on any atom is 0.337 e. The summed E-state index contributed by atoms with van der Waals surface area (Å²) < 4.78 is 4.69. The van der Waals surface area contributed by atoms with Crippen LogP contribution < -0.4 is 10.2 Å². The number of nitrogens with one attached hydrogen (secondary N) is 1. The fourth-order valence-electron chi connectivity index (χ4n) is 2.28. The molecule has 1 N–H and O–H groups in total. The molecule has 1 aromatic carbocycles. The molecule has 23 heavy (non-hydrogen) atoms. The lowest BCUT2D eigenvalue weighted by molar-refractivity contribution is 0.0601. The van der Waals surface area contributed by atoms with Gasteiger partial charge in [0.1, 0.15) is 17.5 Å². The van der Waals surface area contributed by atoms with Crippen LogP contribution in [0.5, 0.6) is 0 Å². The molecule has 122 valence electrons. The molecule has 1 heterocycles. The van der Waals surface area contributed by atoms with Gasteiger partial charge in [-0.2, -0.15) is 0 Å². The number of carbonyl (C=O) groups excluding carboxylic acids is 1. The van der Waals surface area contributed by atoms with Crippen LogP contribution in [-0.4, -0.2) is 36.1 Å². The number of hydrogen-bond donors (Lipinski definition) is 1.